The van der Waals surface area contributed by atoms with E-state index < -0.39 is 0 Å². The van der Waals surface area contributed by atoms with Crippen molar-refractivity contribution < 1.29 is 14.3 Å². The number of fused-ring (bicyclic) bond motifs is 1. The minimum Gasteiger partial charge on any atom is -0.454 e. The fraction of sp³-hybridized carbons (Fsp3) is 0.182. The summed E-state index contributed by atoms with van der Waals surface area (Å²) in [6.45, 7) is 4.24. The van der Waals surface area contributed by atoms with Gasteiger partial charge in [-0.25, -0.2) is 0 Å². The van der Waals surface area contributed by atoms with Crippen molar-refractivity contribution in [2.24, 2.45) is 0 Å². The maximum absolute atomic E-state index is 11.7. The largest absolute Gasteiger partial charge is 0.454 e. The predicted octanol–water partition coefficient (Wildman–Crippen LogP) is 2.05. The lowest BCUT2D eigenvalue weighted by Crippen LogP contribution is -2.24. The van der Waals surface area contributed by atoms with E-state index in [9.17, 15) is 4.79 Å². The topological polar surface area (TPSA) is 47.6 Å². The maximum Gasteiger partial charge on any atom is 0.251 e. The minimum atomic E-state index is -0.168. The molecule has 4 nitrogen and oxygen atoms in total. The molecular formula is C11H10BrNO3. The van der Waals surface area contributed by atoms with Gasteiger partial charge in [0.1, 0.15) is 0 Å². The number of halogens is 1. The Kier molecular flexibility index (Phi) is 3.14. The van der Waals surface area contributed by atoms with Crippen LogP contribution in [-0.4, -0.2) is 19.2 Å². The third-order valence-electron chi connectivity index (χ3n) is 2.08. The first kappa shape index (κ1) is 11.0. The van der Waals surface area contributed by atoms with Crippen molar-refractivity contribution in [2.45, 2.75) is 0 Å². The molecule has 1 aromatic carbocycles. The molecule has 0 spiro atoms. The molecule has 0 aliphatic carbocycles. The van der Waals surface area contributed by atoms with Gasteiger partial charge >= 0.3 is 0 Å². The molecule has 2 rings (SSSR count). The molecular weight excluding hydrogens is 274 g/mol. The third-order valence-corrected chi connectivity index (χ3v) is 2.36. The maximum atomic E-state index is 11.7. The highest BCUT2D eigenvalue weighted by atomic mass is 79.9. The van der Waals surface area contributed by atoms with E-state index in [-0.39, 0.29) is 12.7 Å². The first-order chi connectivity index (χ1) is 7.66. The van der Waals surface area contributed by atoms with Crippen LogP contribution in [0.2, 0.25) is 0 Å². The van der Waals surface area contributed by atoms with Crippen molar-refractivity contribution in [3.8, 4) is 11.5 Å². The van der Waals surface area contributed by atoms with Crippen LogP contribution in [0.3, 0.4) is 0 Å². The lowest BCUT2D eigenvalue weighted by molar-refractivity contribution is 0.0957. The summed E-state index contributed by atoms with van der Waals surface area (Å²) < 4.78 is 11.1. The summed E-state index contributed by atoms with van der Waals surface area (Å²) in [5, 5.41) is 2.71. The molecule has 0 saturated heterocycles. The number of hydrogen-bond acceptors (Lipinski definition) is 3. The number of carbonyl (C=O) groups is 1. The zero-order chi connectivity index (χ0) is 11.5. The van der Waals surface area contributed by atoms with Crippen LogP contribution in [0.1, 0.15) is 10.4 Å². The molecule has 0 radical (unpaired) electrons. The molecule has 1 aliphatic rings. The number of carbonyl (C=O) groups excluding carboxylic acids is 1. The lowest BCUT2D eigenvalue weighted by atomic mass is 10.2. The van der Waals surface area contributed by atoms with E-state index >= 15 is 0 Å². The van der Waals surface area contributed by atoms with Crippen molar-refractivity contribution in [1.82, 2.24) is 5.32 Å². The molecule has 1 aliphatic heterocycles. The second-order valence-corrected chi connectivity index (χ2v) is 4.39. The Morgan fingerprint density at radius 1 is 1.44 bits per heavy atom. The van der Waals surface area contributed by atoms with E-state index in [2.05, 4.69) is 27.8 Å². The number of ether oxygens (including phenoxy) is 2. The molecule has 0 fully saturated rings. The summed E-state index contributed by atoms with van der Waals surface area (Å²) in [7, 11) is 0. The van der Waals surface area contributed by atoms with Crippen LogP contribution in [0.4, 0.5) is 0 Å². The second-order valence-electron chi connectivity index (χ2n) is 3.27. The SMILES string of the molecule is C=C(Br)CNC(=O)c1ccc2c(c1)OCO2. The summed E-state index contributed by atoms with van der Waals surface area (Å²) in [5.41, 5.74) is 0.540. The van der Waals surface area contributed by atoms with E-state index in [1.807, 2.05) is 0 Å². The van der Waals surface area contributed by atoms with Crippen molar-refractivity contribution in [3.05, 3.63) is 34.8 Å². The standard InChI is InChI=1S/C11H10BrNO3/c1-7(12)5-13-11(14)8-2-3-9-10(4-8)16-6-15-9/h2-4H,1,5-6H2,(H,13,14). The van der Waals surface area contributed by atoms with Gasteiger partial charge in [0.25, 0.3) is 5.91 Å². The van der Waals surface area contributed by atoms with Gasteiger partial charge in [-0.2, -0.15) is 0 Å². The molecule has 1 heterocycles. The average molecular weight is 284 g/mol. The van der Waals surface area contributed by atoms with Crippen molar-refractivity contribution >= 4 is 21.8 Å². The van der Waals surface area contributed by atoms with E-state index in [0.717, 1.165) is 4.48 Å². The molecule has 0 bridgehead atoms. The summed E-state index contributed by atoms with van der Waals surface area (Å²) in [4.78, 5) is 11.7. The lowest BCUT2D eigenvalue weighted by Gasteiger charge is -2.04. The molecule has 1 aromatic rings. The van der Waals surface area contributed by atoms with Crippen LogP contribution in [-0.2, 0) is 0 Å². The van der Waals surface area contributed by atoms with Gasteiger partial charge < -0.3 is 14.8 Å². The predicted molar refractivity (Wildman–Crippen MR) is 63.0 cm³/mol. The van der Waals surface area contributed by atoms with Gasteiger partial charge in [-0.3, -0.25) is 4.79 Å². The highest BCUT2D eigenvalue weighted by Crippen LogP contribution is 2.32. The third kappa shape index (κ3) is 2.36. The zero-order valence-electron chi connectivity index (χ0n) is 8.46. The Hall–Kier alpha value is -1.49. The Morgan fingerprint density at radius 3 is 2.94 bits per heavy atom. The molecule has 0 aromatic heterocycles. The smallest absolute Gasteiger partial charge is 0.251 e. The van der Waals surface area contributed by atoms with Crippen molar-refractivity contribution in [2.75, 3.05) is 13.3 Å². The fourth-order valence-corrected chi connectivity index (χ4v) is 1.46. The molecule has 0 saturated carbocycles. The monoisotopic (exact) mass is 283 g/mol. The molecule has 1 amide bonds. The Bertz CT molecular complexity index is 445. The average Bonchev–Trinajstić information content (AvgIpc) is 2.72. The Morgan fingerprint density at radius 2 is 2.19 bits per heavy atom. The van der Waals surface area contributed by atoms with Crippen LogP contribution in [0.15, 0.2) is 29.3 Å². The van der Waals surface area contributed by atoms with Gasteiger partial charge in [0.2, 0.25) is 6.79 Å². The minimum absolute atomic E-state index is 0.168. The highest BCUT2D eigenvalue weighted by molar-refractivity contribution is 9.11. The number of benzene rings is 1. The van der Waals surface area contributed by atoms with Crippen molar-refractivity contribution in [3.63, 3.8) is 0 Å². The summed E-state index contributed by atoms with van der Waals surface area (Å²) in [6, 6.07) is 5.08. The van der Waals surface area contributed by atoms with Crippen molar-refractivity contribution in [1.29, 1.82) is 0 Å². The van der Waals surface area contributed by atoms with Gasteiger partial charge in [-0.1, -0.05) is 22.5 Å². The molecule has 84 valence electrons. The van der Waals surface area contributed by atoms with Crippen LogP contribution < -0.4 is 14.8 Å². The number of rotatable bonds is 3. The van der Waals surface area contributed by atoms with Gasteiger partial charge in [-0.15, -0.1) is 0 Å². The number of nitrogens with one attached hydrogen (secondary N) is 1. The van der Waals surface area contributed by atoms with Gasteiger partial charge in [0.15, 0.2) is 11.5 Å². The first-order valence-corrected chi connectivity index (χ1v) is 5.47. The summed E-state index contributed by atoms with van der Waals surface area (Å²) in [6.07, 6.45) is 0. The van der Waals surface area contributed by atoms with E-state index in [4.69, 9.17) is 9.47 Å². The second kappa shape index (κ2) is 4.57. The quantitative estimate of drug-likeness (QED) is 0.924. The van der Waals surface area contributed by atoms with Gasteiger partial charge in [0, 0.05) is 16.6 Å². The van der Waals surface area contributed by atoms with Crippen LogP contribution in [0.5, 0.6) is 11.5 Å². The molecule has 1 N–H and O–H groups in total. The first-order valence-electron chi connectivity index (χ1n) is 4.68. The summed E-state index contributed by atoms with van der Waals surface area (Å²) in [5.74, 6) is 1.10. The molecule has 16 heavy (non-hydrogen) atoms. The fourth-order valence-electron chi connectivity index (χ4n) is 1.32. The van der Waals surface area contributed by atoms with Crippen LogP contribution in [0, 0.1) is 0 Å². The van der Waals surface area contributed by atoms with E-state index in [1.165, 1.54) is 0 Å². The summed E-state index contributed by atoms with van der Waals surface area (Å²) >= 11 is 3.17. The molecule has 0 unspecified atom stereocenters. The molecule has 0 atom stereocenters. The van der Waals surface area contributed by atoms with E-state index in [0.29, 0.717) is 23.6 Å². The molecule has 5 heteroatoms. The number of hydrogen-bond donors (Lipinski definition) is 1. The van der Waals surface area contributed by atoms with Crippen LogP contribution in [0.25, 0.3) is 0 Å². The highest BCUT2D eigenvalue weighted by Gasteiger charge is 2.15. The van der Waals surface area contributed by atoms with Crippen LogP contribution >= 0.6 is 15.9 Å². The Labute approximate surface area is 101 Å². The Balaban J connectivity index is 2.09. The number of amides is 1. The zero-order valence-corrected chi connectivity index (χ0v) is 10.0. The normalized spacial score (nSPS) is 12.3. The van der Waals surface area contributed by atoms with Gasteiger partial charge in [0.05, 0.1) is 0 Å². The van der Waals surface area contributed by atoms with E-state index in [1.54, 1.807) is 18.2 Å². The van der Waals surface area contributed by atoms with Gasteiger partial charge in [-0.05, 0) is 18.2 Å².